The van der Waals surface area contributed by atoms with Crippen LogP contribution in [0.25, 0.3) is 5.69 Å². The molecule has 1 aromatic carbocycles. The van der Waals surface area contributed by atoms with E-state index in [-0.39, 0.29) is 11.8 Å². The normalized spacial score (nSPS) is 16.3. The highest BCUT2D eigenvalue weighted by molar-refractivity contribution is 6.01. The first-order chi connectivity index (χ1) is 13.2. The van der Waals surface area contributed by atoms with Crippen LogP contribution in [0.5, 0.6) is 0 Å². The van der Waals surface area contributed by atoms with Gasteiger partial charge in [-0.2, -0.15) is 5.10 Å². The van der Waals surface area contributed by atoms with E-state index in [0.717, 1.165) is 12.1 Å². The van der Waals surface area contributed by atoms with Crippen molar-refractivity contribution in [1.82, 2.24) is 19.7 Å². The number of amides is 2. The van der Waals surface area contributed by atoms with Crippen LogP contribution in [0.3, 0.4) is 0 Å². The topological polar surface area (TPSA) is 80.1 Å². The number of nitrogens with one attached hydrogen (secondary N) is 1. The van der Waals surface area contributed by atoms with Crippen LogP contribution in [0.15, 0.2) is 67.3 Å². The molecule has 4 rings (SSSR count). The van der Waals surface area contributed by atoms with Crippen molar-refractivity contribution in [2.45, 2.75) is 18.9 Å². The van der Waals surface area contributed by atoms with E-state index in [4.69, 9.17) is 0 Å². The van der Waals surface area contributed by atoms with Crippen molar-refractivity contribution >= 4 is 17.5 Å². The summed E-state index contributed by atoms with van der Waals surface area (Å²) < 4.78 is 1.73. The molecule has 7 heteroatoms. The number of rotatable bonds is 4. The van der Waals surface area contributed by atoms with Crippen molar-refractivity contribution in [1.29, 1.82) is 0 Å². The van der Waals surface area contributed by atoms with Gasteiger partial charge in [0.05, 0.1) is 5.69 Å². The van der Waals surface area contributed by atoms with E-state index < -0.39 is 6.04 Å². The Morgan fingerprint density at radius 1 is 1.07 bits per heavy atom. The first-order valence-corrected chi connectivity index (χ1v) is 8.84. The quantitative estimate of drug-likeness (QED) is 0.774. The third-order valence-corrected chi connectivity index (χ3v) is 4.63. The van der Waals surface area contributed by atoms with Crippen molar-refractivity contribution in [3.63, 3.8) is 0 Å². The van der Waals surface area contributed by atoms with Gasteiger partial charge in [0.25, 0.3) is 5.91 Å². The zero-order chi connectivity index (χ0) is 18.6. The Hall–Kier alpha value is -3.48. The van der Waals surface area contributed by atoms with Gasteiger partial charge in [0, 0.05) is 42.6 Å². The van der Waals surface area contributed by atoms with Crippen molar-refractivity contribution in [2.24, 2.45) is 0 Å². The molecule has 7 nitrogen and oxygen atoms in total. The van der Waals surface area contributed by atoms with Crippen LogP contribution in [0.2, 0.25) is 0 Å². The van der Waals surface area contributed by atoms with Gasteiger partial charge in [-0.05, 0) is 49.2 Å². The second-order valence-electron chi connectivity index (χ2n) is 6.38. The molecule has 0 radical (unpaired) electrons. The summed E-state index contributed by atoms with van der Waals surface area (Å²) in [4.78, 5) is 31.1. The Balaban J connectivity index is 1.49. The zero-order valence-corrected chi connectivity index (χ0v) is 14.7. The monoisotopic (exact) mass is 361 g/mol. The number of nitrogens with zero attached hydrogens (tertiary/aromatic N) is 4. The van der Waals surface area contributed by atoms with Crippen LogP contribution >= 0.6 is 0 Å². The summed E-state index contributed by atoms with van der Waals surface area (Å²) in [5, 5.41) is 7.14. The van der Waals surface area contributed by atoms with Crippen LogP contribution in [-0.4, -0.2) is 44.1 Å². The minimum absolute atomic E-state index is 0.139. The largest absolute Gasteiger partial charge is 0.327 e. The fourth-order valence-electron chi connectivity index (χ4n) is 3.32. The van der Waals surface area contributed by atoms with Crippen LogP contribution < -0.4 is 5.32 Å². The van der Waals surface area contributed by atoms with Crippen LogP contribution in [0, 0.1) is 0 Å². The number of carbonyl (C=O) groups excluding carboxylic acids is 2. The highest BCUT2D eigenvalue weighted by atomic mass is 16.2. The summed E-state index contributed by atoms with van der Waals surface area (Å²) in [6.45, 7) is 0.576. The summed E-state index contributed by atoms with van der Waals surface area (Å²) in [5.41, 5.74) is 2.08. The van der Waals surface area contributed by atoms with E-state index >= 15 is 0 Å². The molecule has 1 atom stereocenters. The second-order valence-corrected chi connectivity index (χ2v) is 6.38. The van der Waals surface area contributed by atoms with Gasteiger partial charge >= 0.3 is 0 Å². The molecule has 1 fully saturated rings. The number of benzene rings is 1. The van der Waals surface area contributed by atoms with Gasteiger partial charge in [-0.3, -0.25) is 14.6 Å². The molecule has 0 spiro atoms. The molecule has 2 aromatic heterocycles. The second kappa shape index (κ2) is 7.41. The van der Waals surface area contributed by atoms with E-state index in [2.05, 4.69) is 15.4 Å². The summed E-state index contributed by atoms with van der Waals surface area (Å²) in [6, 6.07) is 12.2. The third kappa shape index (κ3) is 3.57. The number of carbonyl (C=O) groups is 2. The highest BCUT2D eigenvalue weighted by Gasteiger charge is 2.34. The van der Waals surface area contributed by atoms with Crippen LogP contribution in [0.4, 0.5) is 5.69 Å². The summed E-state index contributed by atoms with van der Waals surface area (Å²) in [6.07, 6.45) is 8.17. The molecule has 1 saturated heterocycles. The Labute approximate surface area is 156 Å². The number of anilines is 1. The van der Waals surface area contributed by atoms with Gasteiger partial charge in [-0.15, -0.1) is 0 Å². The van der Waals surface area contributed by atoms with Gasteiger partial charge in [0.15, 0.2) is 0 Å². The van der Waals surface area contributed by atoms with Gasteiger partial charge in [-0.1, -0.05) is 6.07 Å². The number of hydrogen-bond acceptors (Lipinski definition) is 4. The Kier molecular flexibility index (Phi) is 4.65. The molecule has 0 aliphatic carbocycles. The van der Waals surface area contributed by atoms with Crippen molar-refractivity contribution in [3.8, 4) is 5.69 Å². The highest BCUT2D eigenvalue weighted by Crippen LogP contribution is 2.22. The summed E-state index contributed by atoms with van der Waals surface area (Å²) in [7, 11) is 0. The maximum absolute atomic E-state index is 12.8. The fourth-order valence-corrected chi connectivity index (χ4v) is 3.32. The lowest BCUT2D eigenvalue weighted by Gasteiger charge is -2.24. The van der Waals surface area contributed by atoms with E-state index in [9.17, 15) is 9.59 Å². The van der Waals surface area contributed by atoms with E-state index in [1.165, 1.54) is 0 Å². The van der Waals surface area contributed by atoms with E-state index in [0.29, 0.717) is 24.2 Å². The average molecular weight is 361 g/mol. The van der Waals surface area contributed by atoms with Crippen LogP contribution in [0.1, 0.15) is 23.2 Å². The molecule has 2 amide bonds. The predicted octanol–water partition coefficient (Wildman–Crippen LogP) is 2.51. The van der Waals surface area contributed by atoms with Gasteiger partial charge in [0.1, 0.15) is 6.04 Å². The third-order valence-electron chi connectivity index (χ3n) is 4.63. The molecule has 1 aliphatic heterocycles. The maximum atomic E-state index is 12.8. The zero-order valence-electron chi connectivity index (χ0n) is 14.7. The first-order valence-electron chi connectivity index (χ1n) is 8.84. The van der Waals surface area contributed by atoms with Crippen molar-refractivity contribution in [2.75, 3.05) is 11.9 Å². The lowest BCUT2D eigenvalue weighted by atomic mass is 10.1. The fraction of sp³-hybridized carbons (Fsp3) is 0.200. The Bertz CT molecular complexity index is 940. The smallest absolute Gasteiger partial charge is 0.254 e. The molecule has 0 saturated carbocycles. The maximum Gasteiger partial charge on any atom is 0.254 e. The van der Waals surface area contributed by atoms with E-state index in [1.807, 2.05) is 36.5 Å². The molecule has 3 aromatic rings. The lowest BCUT2D eigenvalue weighted by Crippen LogP contribution is -2.43. The molecule has 0 bridgehead atoms. The molecule has 1 N–H and O–H groups in total. The van der Waals surface area contributed by atoms with Gasteiger partial charge in [-0.25, -0.2) is 4.68 Å². The predicted molar refractivity (Wildman–Crippen MR) is 100 cm³/mol. The first kappa shape index (κ1) is 17.0. The van der Waals surface area contributed by atoms with E-state index in [1.54, 1.807) is 40.3 Å². The van der Waals surface area contributed by atoms with Gasteiger partial charge in [0.2, 0.25) is 5.91 Å². The molecular formula is C20H19N5O2. The number of pyridine rings is 1. The molecular weight excluding hydrogens is 342 g/mol. The summed E-state index contributed by atoms with van der Waals surface area (Å²) in [5.74, 6) is -0.312. The Morgan fingerprint density at radius 3 is 2.70 bits per heavy atom. The molecule has 136 valence electrons. The minimum atomic E-state index is -0.473. The molecule has 3 heterocycles. The number of likely N-dealkylation sites (tertiary alicyclic amines) is 1. The van der Waals surface area contributed by atoms with Crippen molar-refractivity contribution < 1.29 is 9.59 Å². The SMILES string of the molecule is O=C(Nc1cccc(-n2cccn2)c1)C1CCCN1C(=O)c1ccncc1. The average Bonchev–Trinajstić information content (AvgIpc) is 3.40. The number of aromatic nitrogens is 3. The molecule has 1 aliphatic rings. The van der Waals surface area contributed by atoms with Crippen molar-refractivity contribution in [3.05, 3.63) is 72.8 Å². The van der Waals surface area contributed by atoms with Crippen LogP contribution in [-0.2, 0) is 4.79 Å². The Morgan fingerprint density at radius 2 is 1.93 bits per heavy atom. The minimum Gasteiger partial charge on any atom is -0.327 e. The molecule has 27 heavy (non-hydrogen) atoms. The standard InChI is InChI=1S/C20H19N5O2/c26-19(23-16-4-1-5-17(14-16)25-13-3-9-22-25)18-6-2-12-24(18)20(27)15-7-10-21-11-8-15/h1,3-5,7-11,13-14,18H,2,6,12H2,(H,23,26). The number of hydrogen-bond donors (Lipinski definition) is 1. The van der Waals surface area contributed by atoms with Gasteiger partial charge < -0.3 is 10.2 Å². The molecule has 1 unspecified atom stereocenters. The summed E-state index contributed by atoms with van der Waals surface area (Å²) >= 11 is 0. The lowest BCUT2D eigenvalue weighted by molar-refractivity contribution is -0.119.